The zero-order chi connectivity index (χ0) is 15.1. The highest BCUT2D eigenvalue weighted by Gasteiger charge is 2.06. The molecule has 0 spiro atoms. The Balaban J connectivity index is 1.92. The molecule has 2 nitrogen and oxygen atoms in total. The number of thioether (sulfide) groups is 1. The van der Waals surface area contributed by atoms with Gasteiger partial charge in [-0.2, -0.15) is 0 Å². The smallest absolute Gasteiger partial charge is 0.0571 e. The number of hydrogen-bond donors (Lipinski definition) is 1. The average Bonchev–Trinajstić information content (AvgIpc) is 2.52. The summed E-state index contributed by atoms with van der Waals surface area (Å²) in [7, 11) is 0. The minimum atomic E-state index is 0.299. The predicted molar refractivity (Wildman–Crippen MR) is 92.0 cm³/mol. The van der Waals surface area contributed by atoms with E-state index in [1.807, 2.05) is 24.4 Å². The molecule has 4 heteroatoms. The normalized spacial score (nSPS) is 12.3. The van der Waals surface area contributed by atoms with E-state index in [2.05, 4.69) is 42.3 Å². The van der Waals surface area contributed by atoms with Crippen molar-refractivity contribution in [2.45, 2.75) is 37.0 Å². The molecule has 0 aliphatic carbocycles. The van der Waals surface area contributed by atoms with Crippen LogP contribution in [0.4, 0.5) is 0 Å². The molecule has 0 aliphatic heterocycles. The fourth-order valence-corrected chi connectivity index (χ4v) is 3.12. The second-order valence-corrected chi connectivity index (χ2v) is 6.43. The van der Waals surface area contributed by atoms with Crippen molar-refractivity contribution in [3.63, 3.8) is 0 Å². The third-order valence-corrected chi connectivity index (χ3v) is 4.65. The number of halogens is 1. The van der Waals surface area contributed by atoms with Gasteiger partial charge in [-0.15, -0.1) is 11.8 Å². The average molecular weight is 321 g/mol. The minimum absolute atomic E-state index is 0.299. The third kappa shape index (κ3) is 5.03. The SMILES string of the molecule is CCCNC(C)c1ccc(SCc2ccccc2Cl)cn1. The lowest BCUT2D eigenvalue weighted by Crippen LogP contribution is -2.20. The highest BCUT2D eigenvalue weighted by molar-refractivity contribution is 7.98. The maximum absolute atomic E-state index is 6.17. The van der Waals surface area contributed by atoms with Gasteiger partial charge in [0.05, 0.1) is 5.69 Å². The number of hydrogen-bond acceptors (Lipinski definition) is 3. The first-order valence-electron chi connectivity index (χ1n) is 7.26. The van der Waals surface area contributed by atoms with Crippen molar-refractivity contribution in [3.05, 3.63) is 58.9 Å². The number of pyridine rings is 1. The molecule has 1 atom stereocenters. The van der Waals surface area contributed by atoms with E-state index >= 15 is 0 Å². The minimum Gasteiger partial charge on any atom is -0.309 e. The van der Waals surface area contributed by atoms with Crippen LogP contribution >= 0.6 is 23.4 Å². The number of aromatic nitrogens is 1. The van der Waals surface area contributed by atoms with Crippen LogP contribution in [0.25, 0.3) is 0 Å². The molecular formula is C17H21ClN2S. The number of nitrogens with zero attached hydrogens (tertiary/aromatic N) is 1. The zero-order valence-electron chi connectivity index (χ0n) is 12.5. The number of benzene rings is 1. The summed E-state index contributed by atoms with van der Waals surface area (Å²) in [5, 5.41) is 4.27. The molecule has 112 valence electrons. The van der Waals surface area contributed by atoms with Crippen LogP contribution in [0.5, 0.6) is 0 Å². The van der Waals surface area contributed by atoms with Crippen molar-refractivity contribution in [1.82, 2.24) is 10.3 Å². The Bertz CT molecular complexity index is 557. The summed E-state index contributed by atoms with van der Waals surface area (Å²) in [5.41, 5.74) is 2.25. The van der Waals surface area contributed by atoms with E-state index in [1.165, 1.54) is 4.90 Å². The van der Waals surface area contributed by atoms with Crippen molar-refractivity contribution >= 4 is 23.4 Å². The molecule has 1 aromatic carbocycles. The first-order chi connectivity index (χ1) is 10.2. The van der Waals surface area contributed by atoms with E-state index in [0.29, 0.717) is 6.04 Å². The van der Waals surface area contributed by atoms with Crippen LogP contribution in [0.3, 0.4) is 0 Å². The molecule has 1 heterocycles. The Labute approximate surface area is 136 Å². The lowest BCUT2D eigenvalue weighted by atomic mass is 10.2. The second kappa shape index (κ2) is 8.42. The Morgan fingerprint density at radius 3 is 2.71 bits per heavy atom. The maximum Gasteiger partial charge on any atom is 0.0571 e. The molecule has 1 unspecified atom stereocenters. The van der Waals surface area contributed by atoms with E-state index in [1.54, 1.807) is 11.8 Å². The molecule has 0 aliphatic rings. The standard InChI is InChI=1S/C17H21ClN2S/c1-3-10-19-13(2)17-9-8-15(11-20-17)21-12-14-6-4-5-7-16(14)18/h4-9,11,13,19H,3,10,12H2,1-2H3. The topological polar surface area (TPSA) is 24.9 Å². The fourth-order valence-electron chi connectivity index (χ4n) is 1.98. The first-order valence-corrected chi connectivity index (χ1v) is 8.62. The summed E-state index contributed by atoms with van der Waals surface area (Å²) in [6.07, 6.45) is 3.08. The summed E-state index contributed by atoms with van der Waals surface area (Å²) >= 11 is 7.93. The maximum atomic E-state index is 6.17. The molecule has 0 saturated carbocycles. The monoisotopic (exact) mass is 320 g/mol. The van der Waals surface area contributed by atoms with Crippen LogP contribution in [0.1, 0.15) is 37.6 Å². The molecule has 0 saturated heterocycles. The van der Waals surface area contributed by atoms with Gasteiger partial charge in [-0.05, 0) is 43.7 Å². The van der Waals surface area contributed by atoms with Crippen LogP contribution in [0, 0.1) is 0 Å². The van der Waals surface area contributed by atoms with E-state index < -0.39 is 0 Å². The van der Waals surface area contributed by atoms with Crippen molar-refractivity contribution in [2.75, 3.05) is 6.54 Å². The molecule has 0 bridgehead atoms. The number of nitrogens with one attached hydrogen (secondary N) is 1. The van der Waals surface area contributed by atoms with Crippen molar-refractivity contribution in [3.8, 4) is 0 Å². The van der Waals surface area contributed by atoms with Gasteiger partial charge in [0, 0.05) is 27.9 Å². The third-order valence-electron chi connectivity index (χ3n) is 3.26. The van der Waals surface area contributed by atoms with E-state index in [-0.39, 0.29) is 0 Å². The summed E-state index contributed by atoms with van der Waals surface area (Å²) in [6, 6.07) is 12.5. The molecule has 0 amide bonds. The molecule has 0 radical (unpaired) electrons. The molecule has 1 N–H and O–H groups in total. The van der Waals surface area contributed by atoms with Gasteiger partial charge in [-0.3, -0.25) is 4.98 Å². The summed E-state index contributed by atoms with van der Waals surface area (Å²) in [6.45, 7) is 5.34. The lowest BCUT2D eigenvalue weighted by molar-refractivity contribution is 0.558. The summed E-state index contributed by atoms with van der Waals surface area (Å²) in [4.78, 5) is 5.72. The van der Waals surface area contributed by atoms with Gasteiger partial charge in [0.15, 0.2) is 0 Å². The van der Waals surface area contributed by atoms with E-state index in [0.717, 1.165) is 35.0 Å². The summed E-state index contributed by atoms with van der Waals surface area (Å²) < 4.78 is 0. The van der Waals surface area contributed by atoms with Crippen LogP contribution in [0.15, 0.2) is 47.5 Å². The molecule has 2 aromatic rings. The van der Waals surface area contributed by atoms with Crippen LogP contribution in [0.2, 0.25) is 5.02 Å². The van der Waals surface area contributed by atoms with Gasteiger partial charge in [0.1, 0.15) is 0 Å². The van der Waals surface area contributed by atoms with Crippen molar-refractivity contribution in [1.29, 1.82) is 0 Å². The Morgan fingerprint density at radius 1 is 1.24 bits per heavy atom. The van der Waals surface area contributed by atoms with Crippen LogP contribution in [-0.2, 0) is 5.75 Å². The first kappa shape index (κ1) is 16.3. The lowest BCUT2D eigenvalue weighted by Gasteiger charge is -2.12. The van der Waals surface area contributed by atoms with Gasteiger partial charge < -0.3 is 5.32 Å². The zero-order valence-corrected chi connectivity index (χ0v) is 14.0. The highest BCUT2D eigenvalue weighted by atomic mass is 35.5. The van der Waals surface area contributed by atoms with Gasteiger partial charge >= 0.3 is 0 Å². The van der Waals surface area contributed by atoms with Crippen LogP contribution < -0.4 is 5.32 Å². The summed E-state index contributed by atoms with van der Waals surface area (Å²) in [5.74, 6) is 0.865. The Kier molecular flexibility index (Phi) is 6.55. The quantitative estimate of drug-likeness (QED) is 0.719. The predicted octanol–water partition coefficient (Wildman–Crippen LogP) is 5.09. The molecule has 2 rings (SSSR count). The molecule has 0 fully saturated rings. The Hall–Kier alpha value is -1.03. The van der Waals surface area contributed by atoms with Gasteiger partial charge in [-0.1, -0.05) is 36.7 Å². The van der Waals surface area contributed by atoms with Gasteiger partial charge in [0.2, 0.25) is 0 Å². The molecule has 1 aromatic heterocycles. The fraction of sp³-hybridized carbons (Fsp3) is 0.353. The van der Waals surface area contributed by atoms with E-state index in [4.69, 9.17) is 11.6 Å². The largest absolute Gasteiger partial charge is 0.309 e. The highest BCUT2D eigenvalue weighted by Crippen LogP contribution is 2.26. The van der Waals surface area contributed by atoms with Crippen molar-refractivity contribution in [2.24, 2.45) is 0 Å². The van der Waals surface area contributed by atoms with Gasteiger partial charge in [-0.25, -0.2) is 0 Å². The Morgan fingerprint density at radius 2 is 2.05 bits per heavy atom. The van der Waals surface area contributed by atoms with E-state index in [9.17, 15) is 0 Å². The molecule has 21 heavy (non-hydrogen) atoms. The second-order valence-electron chi connectivity index (χ2n) is 4.97. The molecular weight excluding hydrogens is 300 g/mol. The van der Waals surface area contributed by atoms with Crippen molar-refractivity contribution < 1.29 is 0 Å². The van der Waals surface area contributed by atoms with Gasteiger partial charge in [0.25, 0.3) is 0 Å². The van der Waals surface area contributed by atoms with Crippen LogP contribution in [-0.4, -0.2) is 11.5 Å². The number of rotatable bonds is 7.